The largest absolute Gasteiger partial charge is 0.493 e. The van der Waals surface area contributed by atoms with Crippen molar-refractivity contribution in [3.63, 3.8) is 0 Å². The number of sulfonamides is 1. The summed E-state index contributed by atoms with van der Waals surface area (Å²) in [4.78, 5) is 0. The van der Waals surface area contributed by atoms with Crippen molar-refractivity contribution in [1.82, 2.24) is 14.5 Å². The van der Waals surface area contributed by atoms with Crippen LogP contribution in [0, 0.1) is 5.92 Å². The zero-order valence-electron chi connectivity index (χ0n) is 15.0. The van der Waals surface area contributed by atoms with Gasteiger partial charge < -0.3 is 9.47 Å². The van der Waals surface area contributed by atoms with Gasteiger partial charge in [-0.1, -0.05) is 0 Å². The number of aromatic nitrogens is 2. The summed E-state index contributed by atoms with van der Waals surface area (Å²) in [6.45, 7) is 1.09. The van der Waals surface area contributed by atoms with Crippen molar-refractivity contribution in [2.75, 3.05) is 26.1 Å². The third kappa shape index (κ3) is 5.46. The van der Waals surface area contributed by atoms with Crippen molar-refractivity contribution < 1.29 is 31.1 Å². The number of hydrogen-bond acceptors (Lipinski definition) is 5. The van der Waals surface area contributed by atoms with Crippen molar-refractivity contribution in [3.05, 3.63) is 42.2 Å². The highest BCUT2D eigenvalue weighted by atomic mass is 32.2. The molecule has 1 fully saturated rings. The van der Waals surface area contributed by atoms with E-state index < -0.39 is 21.8 Å². The predicted molar refractivity (Wildman–Crippen MR) is 94.8 cm³/mol. The first-order chi connectivity index (χ1) is 13.1. The first-order valence-electron chi connectivity index (χ1n) is 8.52. The maximum absolute atomic E-state index is 12.7. The molecule has 2 aromatic rings. The highest BCUT2D eigenvalue weighted by Crippen LogP contribution is 2.29. The lowest BCUT2D eigenvalue weighted by atomic mass is 9.97. The molecular formula is C17H20F3N3O4S. The Hall–Kier alpha value is -2.11. The minimum absolute atomic E-state index is 0.0522. The van der Waals surface area contributed by atoms with Gasteiger partial charge in [-0.15, -0.1) is 0 Å². The summed E-state index contributed by atoms with van der Waals surface area (Å²) < 4.78 is 75.7. The van der Waals surface area contributed by atoms with Crippen LogP contribution in [0.3, 0.4) is 0 Å². The predicted octanol–water partition coefficient (Wildman–Crippen LogP) is 2.22. The number of hydrogen-bond donors (Lipinski definition) is 1. The standard InChI is InChI=1S/C17H20F3N3O4S/c1-28(24,25)22-16-11-26-7-6-12(16)10-27-15-4-2-14(3-5-15)23-9-13(8-21-23)17(18,19)20/h2-5,8-9,12,16,22H,6-7,10-11H2,1H3/t12-,16+/m1/s1. The van der Waals surface area contributed by atoms with Crippen molar-refractivity contribution in [2.45, 2.75) is 18.6 Å². The van der Waals surface area contributed by atoms with Crippen LogP contribution in [0.25, 0.3) is 5.69 Å². The maximum Gasteiger partial charge on any atom is 0.419 e. The zero-order valence-corrected chi connectivity index (χ0v) is 15.8. The highest BCUT2D eigenvalue weighted by Gasteiger charge is 2.32. The average Bonchev–Trinajstić information content (AvgIpc) is 3.11. The molecule has 1 aromatic heterocycles. The van der Waals surface area contributed by atoms with Crippen molar-refractivity contribution in [3.8, 4) is 11.4 Å². The monoisotopic (exact) mass is 419 g/mol. The molecule has 7 nitrogen and oxygen atoms in total. The lowest BCUT2D eigenvalue weighted by Gasteiger charge is -2.31. The lowest BCUT2D eigenvalue weighted by Crippen LogP contribution is -2.48. The molecule has 0 aliphatic carbocycles. The number of halogens is 3. The third-order valence-electron chi connectivity index (χ3n) is 4.34. The summed E-state index contributed by atoms with van der Waals surface area (Å²) >= 11 is 0. The van der Waals surface area contributed by atoms with Crippen LogP contribution in [0.15, 0.2) is 36.7 Å². The minimum atomic E-state index is -4.44. The van der Waals surface area contributed by atoms with Gasteiger partial charge in [0.15, 0.2) is 0 Å². The molecule has 154 valence electrons. The fourth-order valence-electron chi connectivity index (χ4n) is 2.90. The van der Waals surface area contributed by atoms with Crippen LogP contribution in [-0.2, 0) is 20.9 Å². The van der Waals surface area contributed by atoms with Crippen molar-refractivity contribution >= 4 is 10.0 Å². The zero-order chi connectivity index (χ0) is 20.4. The van der Waals surface area contributed by atoms with Crippen LogP contribution in [-0.4, -0.2) is 50.3 Å². The Morgan fingerprint density at radius 3 is 2.64 bits per heavy atom. The molecular weight excluding hydrogens is 399 g/mol. The van der Waals surface area contributed by atoms with E-state index in [1.807, 2.05) is 0 Å². The Kier molecular flexibility index (Phi) is 5.96. The maximum atomic E-state index is 12.7. The fourth-order valence-corrected chi connectivity index (χ4v) is 3.71. The van der Waals surface area contributed by atoms with E-state index in [0.717, 1.165) is 23.3 Å². The van der Waals surface area contributed by atoms with E-state index in [2.05, 4.69) is 9.82 Å². The number of nitrogens with zero attached hydrogens (tertiary/aromatic N) is 2. The number of alkyl halides is 3. The molecule has 1 N–H and O–H groups in total. The molecule has 0 spiro atoms. The topological polar surface area (TPSA) is 82.5 Å². The molecule has 0 saturated carbocycles. The number of nitrogens with one attached hydrogen (secondary N) is 1. The highest BCUT2D eigenvalue weighted by molar-refractivity contribution is 7.88. The molecule has 2 atom stereocenters. The Balaban J connectivity index is 1.62. The average molecular weight is 419 g/mol. The van der Waals surface area contributed by atoms with Gasteiger partial charge >= 0.3 is 6.18 Å². The van der Waals surface area contributed by atoms with Crippen LogP contribution in [0.1, 0.15) is 12.0 Å². The van der Waals surface area contributed by atoms with Gasteiger partial charge in [0.2, 0.25) is 10.0 Å². The van der Waals surface area contributed by atoms with Gasteiger partial charge in [0.1, 0.15) is 5.75 Å². The van der Waals surface area contributed by atoms with Gasteiger partial charge in [-0.05, 0) is 30.7 Å². The molecule has 0 radical (unpaired) electrons. The van der Waals surface area contributed by atoms with E-state index in [0.29, 0.717) is 24.5 Å². The molecule has 2 heterocycles. The molecule has 3 rings (SSSR count). The molecule has 0 bridgehead atoms. The second kappa shape index (κ2) is 8.10. The number of rotatable bonds is 6. The van der Waals surface area contributed by atoms with Gasteiger partial charge in [-0.25, -0.2) is 17.8 Å². The first-order valence-corrected chi connectivity index (χ1v) is 10.4. The first kappa shape index (κ1) is 20.6. The second-order valence-electron chi connectivity index (χ2n) is 6.60. The molecule has 0 amide bonds. The number of ether oxygens (including phenoxy) is 2. The van der Waals surface area contributed by atoms with Crippen LogP contribution in [0.4, 0.5) is 13.2 Å². The van der Waals surface area contributed by atoms with Crippen LogP contribution >= 0.6 is 0 Å². The van der Waals surface area contributed by atoms with Crippen molar-refractivity contribution in [2.24, 2.45) is 5.92 Å². The summed E-state index contributed by atoms with van der Waals surface area (Å²) in [6.07, 6.45) is -1.01. The summed E-state index contributed by atoms with van der Waals surface area (Å²) in [7, 11) is -3.36. The van der Waals surface area contributed by atoms with E-state index in [9.17, 15) is 21.6 Å². The number of benzene rings is 1. The molecule has 28 heavy (non-hydrogen) atoms. The molecule has 1 aliphatic heterocycles. The molecule has 1 aliphatic rings. The van der Waals surface area contributed by atoms with Gasteiger partial charge in [-0.2, -0.15) is 18.3 Å². The Morgan fingerprint density at radius 2 is 2.04 bits per heavy atom. The van der Waals surface area contributed by atoms with E-state index in [1.165, 1.54) is 0 Å². The molecule has 11 heteroatoms. The van der Waals surface area contributed by atoms with Crippen molar-refractivity contribution in [1.29, 1.82) is 0 Å². The van der Waals surface area contributed by atoms with Gasteiger partial charge in [0.05, 0.1) is 43.0 Å². The van der Waals surface area contributed by atoms with E-state index >= 15 is 0 Å². The molecule has 0 unspecified atom stereocenters. The van der Waals surface area contributed by atoms with Crippen LogP contribution in [0.5, 0.6) is 5.75 Å². The minimum Gasteiger partial charge on any atom is -0.493 e. The van der Waals surface area contributed by atoms with Gasteiger partial charge in [0.25, 0.3) is 0 Å². The normalized spacial score (nSPS) is 20.9. The van der Waals surface area contributed by atoms with E-state index in [4.69, 9.17) is 9.47 Å². The molecule has 1 saturated heterocycles. The quantitative estimate of drug-likeness (QED) is 0.777. The lowest BCUT2D eigenvalue weighted by molar-refractivity contribution is -0.137. The van der Waals surface area contributed by atoms with Gasteiger partial charge in [0, 0.05) is 18.7 Å². The van der Waals surface area contributed by atoms with Crippen LogP contribution < -0.4 is 9.46 Å². The Morgan fingerprint density at radius 1 is 1.32 bits per heavy atom. The van der Waals surface area contributed by atoms with Crippen LogP contribution in [0.2, 0.25) is 0 Å². The SMILES string of the molecule is CS(=O)(=O)N[C@H]1COCC[C@@H]1COc1ccc(-n2cc(C(F)(F)F)cn2)cc1. The second-order valence-corrected chi connectivity index (χ2v) is 8.38. The third-order valence-corrected chi connectivity index (χ3v) is 5.07. The van der Waals surface area contributed by atoms with E-state index in [1.54, 1.807) is 24.3 Å². The van der Waals surface area contributed by atoms with E-state index in [-0.39, 0.29) is 25.2 Å². The summed E-state index contributed by atoms with van der Waals surface area (Å²) in [5.74, 6) is 0.472. The van der Waals surface area contributed by atoms with Gasteiger partial charge in [-0.3, -0.25) is 0 Å². The smallest absolute Gasteiger partial charge is 0.419 e. The Labute approximate surface area is 160 Å². The Bertz CT molecular complexity index is 897. The fraction of sp³-hybridized carbons (Fsp3) is 0.471. The summed E-state index contributed by atoms with van der Waals surface area (Å²) in [5, 5.41) is 3.72. The molecule has 1 aromatic carbocycles. The summed E-state index contributed by atoms with van der Waals surface area (Å²) in [5.41, 5.74) is -0.359. The summed E-state index contributed by atoms with van der Waals surface area (Å²) in [6, 6.07) is 6.08.